The van der Waals surface area contributed by atoms with E-state index in [9.17, 15) is 19.5 Å². The molecule has 1 amide bonds. The number of aliphatic hydroxyl groups is 1. The summed E-state index contributed by atoms with van der Waals surface area (Å²) in [5.41, 5.74) is 0. The second-order valence-electron chi connectivity index (χ2n) is 4.57. The Kier molecular flexibility index (Phi) is 3.21. The molecule has 1 N–H and O–H groups in total. The van der Waals surface area contributed by atoms with Crippen LogP contribution in [0, 0.1) is 5.92 Å². The van der Waals surface area contributed by atoms with E-state index in [1.54, 1.807) is 0 Å². The molecule has 2 rings (SSSR count). The summed E-state index contributed by atoms with van der Waals surface area (Å²) in [5, 5.41) is 9.45. The molecule has 0 unspecified atom stereocenters. The number of ether oxygens (including phenoxy) is 1. The maximum Gasteiger partial charge on any atom is 0.337 e. The molecule has 0 spiro atoms. The van der Waals surface area contributed by atoms with Crippen LogP contribution in [0.4, 0.5) is 0 Å². The van der Waals surface area contributed by atoms with E-state index in [2.05, 4.69) is 6.58 Å². The molecule has 0 saturated carbocycles. The average Bonchev–Trinajstić information content (AvgIpc) is 2.59. The maximum atomic E-state index is 11.8. The van der Waals surface area contributed by atoms with E-state index >= 15 is 0 Å². The number of amides is 1. The van der Waals surface area contributed by atoms with Crippen LogP contribution in [0.2, 0.25) is 0 Å². The first kappa shape index (κ1) is 12.8. The molecule has 0 aromatic carbocycles. The van der Waals surface area contributed by atoms with Gasteiger partial charge in [-0.15, -0.1) is 0 Å². The smallest absolute Gasteiger partial charge is 0.337 e. The number of aliphatic hydroxyl groups excluding tert-OH is 1. The molecular formula is C12H15NO5. The summed E-state index contributed by atoms with van der Waals surface area (Å²) in [5.74, 6) is -1.99. The molecule has 2 heterocycles. The first-order chi connectivity index (χ1) is 8.49. The van der Waals surface area contributed by atoms with E-state index < -0.39 is 24.0 Å². The van der Waals surface area contributed by atoms with E-state index in [1.165, 1.54) is 17.9 Å². The lowest BCUT2D eigenvalue weighted by molar-refractivity contribution is -0.171. The fourth-order valence-electron chi connectivity index (χ4n) is 2.60. The second kappa shape index (κ2) is 4.53. The summed E-state index contributed by atoms with van der Waals surface area (Å²) < 4.78 is 4.81. The van der Waals surface area contributed by atoms with Gasteiger partial charge in [-0.25, -0.2) is 4.79 Å². The van der Waals surface area contributed by atoms with Gasteiger partial charge < -0.3 is 14.7 Å². The lowest BCUT2D eigenvalue weighted by Gasteiger charge is -2.45. The number of ketones is 1. The van der Waals surface area contributed by atoms with Gasteiger partial charge >= 0.3 is 5.97 Å². The van der Waals surface area contributed by atoms with Crippen molar-refractivity contribution in [2.24, 2.45) is 5.92 Å². The summed E-state index contributed by atoms with van der Waals surface area (Å²) in [6.45, 7) is 4.92. The predicted octanol–water partition coefficient (Wildman–Crippen LogP) is -0.735. The van der Waals surface area contributed by atoms with Crippen molar-refractivity contribution < 1.29 is 24.2 Å². The first-order valence-corrected chi connectivity index (χ1v) is 5.79. The summed E-state index contributed by atoms with van der Waals surface area (Å²) in [7, 11) is 0. The third-order valence-electron chi connectivity index (χ3n) is 3.39. The highest BCUT2D eigenvalue weighted by Crippen LogP contribution is 2.39. The molecule has 4 atom stereocenters. The summed E-state index contributed by atoms with van der Waals surface area (Å²) in [6, 6.07) is -1.51. The van der Waals surface area contributed by atoms with Gasteiger partial charge in [0.15, 0.2) is 11.8 Å². The Morgan fingerprint density at radius 2 is 2.33 bits per heavy atom. The van der Waals surface area contributed by atoms with E-state index in [0.29, 0.717) is 0 Å². The Bertz CT molecular complexity index is 417. The summed E-state index contributed by atoms with van der Waals surface area (Å²) in [4.78, 5) is 36.5. The number of carbonyl (C=O) groups is 3. The van der Waals surface area contributed by atoms with Gasteiger partial charge in [0, 0.05) is 6.42 Å². The molecule has 2 fully saturated rings. The molecule has 6 nitrogen and oxygen atoms in total. The van der Waals surface area contributed by atoms with E-state index in [0.717, 1.165) is 0 Å². The van der Waals surface area contributed by atoms with Crippen molar-refractivity contribution in [3.63, 3.8) is 0 Å². The van der Waals surface area contributed by atoms with Crippen molar-refractivity contribution in [2.75, 3.05) is 6.61 Å². The molecule has 18 heavy (non-hydrogen) atoms. The fourth-order valence-corrected chi connectivity index (χ4v) is 2.60. The minimum absolute atomic E-state index is 0.00907. The van der Waals surface area contributed by atoms with Gasteiger partial charge in [-0.1, -0.05) is 12.7 Å². The Hall–Kier alpha value is -1.69. The van der Waals surface area contributed by atoms with Crippen LogP contribution >= 0.6 is 0 Å². The van der Waals surface area contributed by atoms with Crippen molar-refractivity contribution in [1.29, 1.82) is 0 Å². The predicted molar refractivity (Wildman–Crippen MR) is 60.4 cm³/mol. The number of Topliss-reactive ketones (excluding diaryl/α,β-unsaturated/α-hetero) is 1. The van der Waals surface area contributed by atoms with Gasteiger partial charge in [0.05, 0.1) is 18.1 Å². The Balaban J connectivity index is 2.11. The Morgan fingerprint density at radius 3 is 2.89 bits per heavy atom. The van der Waals surface area contributed by atoms with Crippen LogP contribution in [0.25, 0.3) is 0 Å². The highest BCUT2D eigenvalue weighted by Gasteiger charge is 2.61. The zero-order valence-corrected chi connectivity index (χ0v) is 10.0. The Labute approximate surface area is 104 Å². The van der Waals surface area contributed by atoms with Crippen LogP contribution in [0.1, 0.15) is 13.3 Å². The van der Waals surface area contributed by atoms with E-state index in [4.69, 9.17) is 4.74 Å². The molecule has 0 aliphatic carbocycles. The monoisotopic (exact) mass is 253 g/mol. The minimum Gasteiger partial charge on any atom is -0.460 e. The van der Waals surface area contributed by atoms with Crippen molar-refractivity contribution in [3.8, 4) is 0 Å². The van der Waals surface area contributed by atoms with E-state index in [1.807, 2.05) is 0 Å². The molecule has 0 aromatic rings. The van der Waals surface area contributed by atoms with Crippen LogP contribution in [0.15, 0.2) is 12.7 Å². The minimum atomic E-state index is -1.14. The van der Waals surface area contributed by atoms with Gasteiger partial charge in [-0.05, 0) is 6.92 Å². The summed E-state index contributed by atoms with van der Waals surface area (Å²) >= 11 is 0. The number of esters is 1. The van der Waals surface area contributed by atoms with Gasteiger partial charge in [-0.3, -0.25) is 9.59 Å². The number of β-lactam (4-membered cyclic amide) rings is 1. The molecule has 0 bridgehead atoms. The molecule has 2 aliphatic rings. The highest BCUT2D eigenvalue weighted by atomic mass is 16.5. The molecule has 6 heteroatoms. The molecule has 0 radical (unpaired) electrons. The lowest BCUT2D eigenvalue weighted by Crippen LogP contribution is -2.64. The zero-order valence-electron chi connectivity index (χ0n) is 10.0. The number of hydrogen-bond acceptors (Lipinski definition) is 5. The molecule has 0 aromatic heterocycles. The third-order valence-corrected chi connectivity index (χ3v) is 3.39. The molecule has 2 saturated heterocycles. The van der Waals surface area contributed by atoms with Gasteiger partial charge in [0.1, 0.15) is 6.61 Å². The normalized spacial score (nSPS) is 31.7. The van der Waals surface area contributed by atoms with Crippen LogP contribution in [-0.4, -0.2) is 52.5 Å². The fraction of sp³-hybridized carbons (Fsp3) is 0.583. The van der Waals surface area contributed by atoms with Crippen molar-refractivity contribution in [1.82, 2.24) is 4.90 Å². The third kappa shape index (κ3) is 1.73. The first-order valence-electron chi connectivity index (χ1n) is 5.79. The number of nitrogens with zero attached hydrogens (tertiary/aromatic N) is 1. The number of rotatable bonds is 4. The average molecular weight is 253 g/mol. The van der Waals surface area contributed by atoms with E-state index in [-0.39, 0.29) is 30.8 Å². The molecule has 2 aliphatic heterocycles. The zero-order chi connectivity index (χ0) is 13.4. The molecule has 98 valence electrons. The lowest BCUT2D eigenvalue weighted by atomic mass is 9.84. The standard InChI is InChI=1S/C12H15NO5/c1-3-4-18-12(17)10-8(15)5-7-9(6(2)14)11(16)13(7)10/h3,6-7,9-10,14H,1,4-5H2,2H3/t6-,7-,9-,10-/m1/s1. The topological polar surface area (TPSA) is 83.9 Å². The maximum absolute atomic E-state index is 11.8. The number of carbonyl (C=O) groups excluding carboxylic acids is 3. The van der Waals surface area contributed by atoms with Gasteiger partial charge in [-0.2, -0.15) is 0 Å². The van der Waals surface area contributed by atoms with Crippen molar-refractivity contribution in [3.05, 3.63) is 12.7 Å². The van der Waals surface area contributed by atoms with Crippen LogP contribution < -0.4 is 0 Å². The SMILES string of the molecule is C=CCOC(=O)[C@H]1C(=O)C[C@@H]2[C@@H]([C@@H](C)O)C(=O)N12. The largest absolute Gasteiger partial charge is 0.460 e. The quantitative estimate of drug-likeness (QED) is 0.309. The Morgan fingerprint density at radius 1 is 1.67 bits per heavy atom. The van der Waals surface area contributed by atoms with Crippen LogP contribution in [0.5, 0.6) is 0 Å². The highest BCUT2D eigenvalue weighted by molar-refractivity contribution is 6.11. The summed E-state index contributed by atoms with van der Waals surface area (Å²) in [6.07, 6.45) is 0.690. The van der Waals surface area contributed by atoms with Crippen molar-refractivity contribution in [2.45, 2.75) is 31.5 Å². The number of hydrogen-bond donors (Lipinski definition) is 1. The van der Waals surface area contributed by atoms with Crippen LogP contribution in [0.3, 0.4) is 0 Å². The number of fused-ring (bicyclic) bond motifs is 1. The molecular weight excluding hydrogens is 238 g/mol. The second-order valence-corrected chi connectivity index (χ2v) is 4.57. The van der Waals surface area contributed by atoms with Crippen LogP contribution in [-0.2, 0) is 19.1 Å². The van der Waals surface area contributed by atoms with Gasteiger partial charge in [0.25, 0.3) is 0 Å². The van der Waals surface area contributed by atoms with Crippen molar-refractivity contribution >= 4 is 17.7 Å². The van der Waals surface area contributed by atoms with Gasteiger partial charge in [0.2, 0.25) is 5.91 Å².